The van der Waals surface area contributed by atoms with Crippen LogP contribution in [0.5, 0.6) is 0 Å². The molecule has 2 rings (SSSR count). The minimum atomic E-state index is -4.08. The molecule has 0 amide bonds. The van der Waals surface area contributed by atoms with Gasteiger partial charge in [-0.1, -0.05) is 13.8 Å². The number of nitrogens with zero attached hydrogens (tertiary/aromatic N) is 4. The van der Waals surface area contributed by atoms with E-state index in [2.05, 4.69) is 9.97 Å². The normalized spacial score (nSPS) is 12.7. The maximum absolute atomic E-state index is 13.5. The van der Waals surface area contributed by atoms with E-state index >= 15 is 0 Å². The molecule has 33 heavy (non-hydrogen) atoms. The van der Waals surface area contributed by atoms with Crippen LogP contribution in [-0.2, 0) is 14.8 Å². The first-order valence-corrected chi connectivity index (χ1v) is 11.6. The van der Waals surface area contributed by atoms with Gasteiger partial charge in [0.2, 0.25) is 5.95 Å². The second-order valence-corrected chi connectivity index (χ2v) is 9.53. The van der Waals surface area contributed by atoms with E-state index < -0.39 is 33.7 Å². The Hall–Kier alpha value is -3.20. The molecule has 0 fully saturated rings. The lowest BCUT2D eigenvalue weighted by Gasteiger charge is -2.21. The van der Waals surface area contributed by atoms with Crippen molar-refractivity contribution < 1.29 is 27.8 Å². The predicted molar refractivity (Wildman–Crippen MR) is 121 cm³/mol. The van der Waals surface area contributed by atoms with Gasteiger partial charge >= 0.3 is 0 Å². The topological polar surface area (TPSA) is 144 Å². The van der Waals surface area contributed by atoms with E-state index in [4.69, 9.17) is 5.26 Å². The van der Waals surface area contributed by atoms with Crippen LogP contribution in [0.3, 0.4) is 0 Å². The Morgan fingerprint density at radius 1 is 1.27 bits per heavy atom. The zero-order valence-corrected chi connectivity index (χ0v) is 19.3. The van der Waals surface area contributed by atoms with Gasteiger partial charge in [-0.15, -0.1) is 0 Å². The molecule has 1 unspecified atom stereocenters. The first-order chi connectivity index (χ1) is 15.5. The predicted octanol–water partition coefficient (Wildman–Crippen LogP) is 2.37. The summed E-state index contributed by atoms with van der Waals surface area (Å²) in [6.07, 6.45) is 1.17. The van der Waals surface area contributed by atoms with Gasteiger partial charge < -0.3 is 10.2 Å². The third-order valence-electron chi connectivity index (χ3n) is 4.69. The molecule has 9 nitrogen and oxygen atoms in total. The number of allylic oxidation sites excluding steroid dienone is 1. The number of nitriles is 1. The highest BCUT2D eigenvalue weighted by molar-refractivity contribution is 7.92. The molecule has 0 aliphatic heterocycles. The van der Waals surface area contributed by atoms with E-state index in [1.165, 1.54) is 43.5 Å². The number of carbonyl (C=O) groups is 1. The molecule has 0 bridgehead atoms. The second kappa shape index (κ2) is 11.1. The van der Waals surface area contributed by atoms with Gasteiger partial charge in [0.15, 0.2) is 11.7 Å². The number of aliphatic hydroxyl groups is 2. The van der Waals surface area contributed by atoms with Gasteiger partial charge in [0.1, 0.15) is 5.82 Å². The molecule has 0 aliphatic rings. The van der Waals surface area contributed by atoms with Crippen molar-refractivity contribution in [1.29, 1.82) is 5.26 Å². The van der Waals surface area contributed by atoms with E-state index in [0.29, 0.717) is 16.8 Å². The van der Waals surface area contributed by atoms with Crippen LogP contribution < -0.4 is 4.31 Å². The lowest BCUT2D eigenvalue weighted by Crippen LogP contribution is -2.31. The van der Waals surface area contributed by atoms with Gasteiger partial charge in [-0.3, -0.25) is 4.79 Å². The molecular weight excluding hydrogens is 451 g/mol. The molecule has 1 aromatic carbocycles. The summed E-state index contributed by atoms with van der Waals surface area (Å²) in [4.78, 5) is 21.0. The standard InChI is InChI=1S/C22H25FN4O5S/c1-14(2)20-19(9-8-17(29)12-18(30)10-11-24)21(15-4-6-16(23)7-5-15)26-22(25-20)27(3)33(31,32)13-28/h4-9,14,18,28,30H,10,12-13H2,1-3H3. The van der Waals surface area contributed by atoms with Crippen molar-refractivity contribution in [3.8, 4) is 17.3 Å². The zero-order chi connectivity index (χ0) is 24.8. The number of anilines is 1. The van der Waals surface area contributed by atoms with Crippen LogP contribution in [-0.4, -0.2) is 53.5 Å². The van der Waals surface area contributed by atoms with Gasteiger partial charge in [-0.05, 0) is 42.3 Å². The minimum Gasteiger partial charge on any atom is -0.392 e. The molecule has 0 radical (unpaired) electrons. The Labute approximate surface area is 191 Å². The summed E-state index contributed by atoms with van der Waals surface area (Å²) in [6.45, 7) is 3.63. The number of halogens is 1. The molecule has 0 aliphatic carbocycles. The fourth-order valence-electron chi connectivity index (χ4n) is 2.91. The molecular formula is C22H25FN4O5S. The molecule has 0 saturated heterocycles. The first-order valence-electron chi connectivity index (χ1n) is 10.0. The van der Waals surface area contributed by atoms with E-state index in [9.17, 15) is 27.8 Å². The summed E-state index contributed by atoms with van der Waals surface area (Å²) in [6, 6.07) is 7.15. The summed E-state index contributed by atoms with van der Waals surface area (Å²) in [5.41, 5.74) is 1.54. The Balaban J connectivity index is 2.68. The lowest BCUT2D eigenvalue weighted by molar-refractivity contribution is -0.116. The van der Waals surface area contributed by atoms with Crippen molar-refractivity contribution in [2.24, 2.45) is 0 Å². The van der Waals surface area contributed by atoms with Crippen molar-refractivity contribution in [3.05, 3.63) is 47.4 Å². The van der Waals surface area contributed by atoms with Crippen LogP contribution in [0, 0.1) is 17.1 Å². The highest BCUT2D eigenvalue weighted by Gasteiger charge is 2.24. The van der Waals surface area contributed by atoms with Gasteiger partial charge in [-0.2, -0.15) is 5.26 Å². The second-order valence-electron chi connectivity index (χ2n) is 7.56. The fourth-order valence-corrected chi connectivity index (χ4v) is 3.42. The highest BCUT2D eigenvalue weighted by atomic mass is 32.2. The summed E-state index contributed by atoms with van der Waals surface area (Å²) in [7, 11) is -2.88. The molecule has 2 aromatic rings. The van der Waals surface area contributed by atoms with Crippen LogP contribution in [0.2, 0.25) is 0 Å². The SMILES string of the molecule is CC(C)c1nc(N(C)S(=O)(=O)CO)nc(-c2ccc(F)cc2)c1C=CC(=O)CC(O)CC#N. The van der Waals surface area contributed by atoms with Crippen LogP contribution in [0.4, 0.5) is 10.3 Å². The highest BCUT2D eigenvalue weighted by Crippen LogP contribution is 2.31. The summed E-state index contributed by atoms with van der Waals surface area (Å²) < 4.78 is 38.6. The van der Waals surface area contributed by atoms with Gasteiger partial charge in [0, 0.05) is 24.6 Å². The monoisotopic (exact) mass is 476 g/mol. The molecule has 1 aromatic heterocycles. The zero-order valence-electron chi connectivity index (χ0n) is 18.4. The number of aliphatic hydroxyl groups excluding tert-OH is 2. The van der Waals surface area contributed by atoms with Crippen molar-refractivity contribution >= 4 is 27.8 Å². The number of ketones is 1. The Kier molecular flexibility index (Phi) is 8.76. The van der Waals surface area contributed by atoms with E-state index in [1.807, 2.05) is 13.8 Å². The van der Waals surface area contributed by atoms with E-state index in [0.717, 1.165) is 4.31 Å². The molecule has 1 heterocycles. The molecule has 11 heteroatoms. The average molecular weight is 477 g/mol. The van der Waals surface area contributed by atoms with Gasteiger partial charge in [0.25, 0.3) is 10.0 Å². The average Bonchev–Trinajstić information content (AvgIpc) is 2.77. The van der Waals surface area contributed by atoms with E-state index in [-0.39, 0.29) is 30.4 Å². The number of aromatic nitrogens is 2. The molecule has 2 N–H and O–H groups in total. The van der Waals surface area contributed by atoms with Crippen molar-refractivity contribution in [2.75, 3.05) is 17.3 Å². The number of benzene rings is 1. The Morgan fingerprint density at radius 3 is 2.45 bits per heavy atom. The number of hydrogen-bond donors (Lipinski definition) is 2. The molecule has 0 saturated carbocycles. The van der Waals surface area contributed by atoms with Crippen LogP contribution in [0.25, 0.3) is 17.3 Å². The maximum atomic E-state index is 13.5. The third kappa shape index (κ3) is 6.64. The molecule has 176 valence electrons. The maximum Gasteiger partial charge on any atom is 0.261 e. The summed E-state index contributed by atoms with van der Waals surface area (Å²) >= 11 is 0. The largest absolute Gasteiger partial charge is 0.392 e. The number of carbonyl (C=O) groups excluding carboxylic acids is 1. The molecule has 1 atom stereocenters. The molecule has 0 spiro atoms. The smallest absolute Gasteiger partial charge is 0.261 e. The van der Waals surface area contributed by atoms with Crippen molar-refractivity contribution in [3.63, 3.8) is 0 Å². The fraction of sp³-hybridized carbons (Fsp3) is 0.364. The lowest BCUT2D eigenvalue weighted by atomic mass is 9.97. The van der Waals surface area contributed by atoms with Crippen LogP contribution in [0.1, 0.15) is 43.9 Å². The van der Waals surface area contributed by atoms with Gasteiger partial charge in [0.05, 0.1) is 30.0 Å². The Bertz CT molecular complexity index is 1170. The first kappa shape index (κ1) is 26.1. The van der Waals surface area contributed by atoms with Gasteiger partial charge in [-0.25, -0.2) is 27.1 Å². The number of hydrogen-bond acceptors (Lipinski definition) is 8. The van der Waals surface area contributed by atoms with Crippen LogP contribution in [0.15, 0.2) is 30.3 Å². The minimum absolute atomic E-state index is 0.179. The van der Waals surface area contributed by atoms with E-state index in [1.54, 1.807) is 6.07 Å². The van der Waals surface area contributed by atoms with Crippen molar-refractivity contribution in [2.45, 2.75) is 38.7 Å². The number of sulfonamides is 1. The quantitative estimate of drug-likeness (QED) is 0.497. The summed E-state index contributed by atoms with van der Waals surface area (Å²) in [5.74, 6) is -2.47. The summed E-state index contributed by atoms with van der Waals surface area (Å²) in [5, 5.41) is 27.5. The third-order valence-corrected chi connectivity index (χ3v) is 6.01. The van der Waals surface area contributed by atoms with Crippen LogP contribution >= 0.6 is 0 Å². The number of rotatable bonds is 10. The van der Waals surface area contributed by atoms with Crippen molar-refractivity contribution in [1.82, 2.24) is 9.97 Å². The Morgan fingerprint density at radius 2 is 1.91 bits per heavy atom.